The molecule has 0 aromatic carbocycles. The molecule has 1 aliphatic heterocycles. The lowest BCUT2D eigenvalue weighted by Gasteiger charge is -2.32. The van der Waals surface area contributed by atoms with Crippen LogP contribution in [0.1, 0.15) is 29.8 Å². The van der Waals surface area contributed by atoms with Crippen molar-refractivity contribution in [1.82, 2.24) is 10.2 Å². The number of nitrogens with two attached hydrogens (primary N) is 1. The van der Waals surface area contributed by atoms with Crippen molar-refractivity contribution in [2.24, 2.45) is 11.7 Å². The Morgan fingerprint density at radius 1 is 1.45 bits per heavy atom. The van der Waals surface area contributed by atoms with Crippen molar-refractivity contribution in [3.05, 3.63) is 17.8 Å². The number of carbonyl (C=O) groups excluding carboxylic acids is 2. The molecule has 7 heteroatoms. The Bertz CT molecular complexity index is 489. The molecule has 2 heterocycles. The van der Waals surface area contributed by atoms with Gasteiger partial charge in [-0.15, -0.1) is 10.2 Å². The Morgan fingerprint density at radius 3 is 2.85 bits per heavy atom. The summed E-state index contributed by atoms with van der Waals surface area (Å²) in [5, 5.41) is 7.90. The highest BCUT2D eigenvalue weighted by molar-refractivity contribution is 5.87. The van der Waals surface area contributed by atoms with Gasteiger partial charge in [-0.05, 0) is 30.9 Å². The molecule has 2 N–H and O–H groups in total. The van der Waals surface area contributed by atoms with E-state index in [2.05, 4.69) is 19.8 Å². The number of primary amides is 1. The van der Waals surface area contributed by atoms with Gasteiger partial charge in [-0.3, -0.25) is 4.79 Å². The van der Waals surface area contributed by atoms with Crippen LogP contribution in [0.4, 0.5) is 5.82 Å². The zero-order chi connectivity index (χ0) is 14.5. The van der Waals surface area contributed by atoms with Crippen LogP contribution < -0.4 is 10.6 Å². The molecule has 7 nitrogen and oxygen atoms in total. The van der Waals surface area contributed by atoms with Crippen LogP contribution in [-0.4, -0.2) is 42.3 Å². The molecule has 1 fully saturated rings. The first kappa shape index (κ1) is 14.2. The smallest absolute Gasteiger partial charge is 0.358 e. The summed E-state index contributed by atoms with van der Waals surface area (Å²) < 4.78 is 4.58. The minimum absolute atomic E-state index is 0.182. The summed E-state index contributed by atoms with van der Waals surface area (Å²) in [6.45, 7) is 1.59. The Morgan fingerprint density at radius 2 is 2.25 bits per heavy atom. The lowest BCUT2D eigenvalue weighted by molar-refractivity contribution is -0.118. The molecule has 108 valence electrons. The molecule has 1 unspecified atom stereocenters. The van der Waals surface area contributed by atoms with Gasteiger partial charge in [0.15, 0.2) is 11.5 Å². The minimum Gasteiger partial charge on any atom is -0.464 e. The molecular formula is C13H18N4O3. The summed E-state index contributed by atoms with van der Waals surface area (Å²) in [4.78, 5) is 24.3. The fourth-order valence-corrected chi connectivity index (χ4v) is 2.43. The second-order valence-electron chi connectivity index (χ2n) is 4.89. The van der Waals surface area contributed by atoms with E-state index in [1.165, 1.54) is 7.11 Å². The highest BCUT2D eigenvalue weighted by Gasteiger charge is 2.22. The lowest BCUT2D eigenvalue weighted by atomic mass is 9.94. The maximum absolute atomic E-state index is 11.3. The second-order valence-corrected chi connectivity index (χ2v) is 4.89. The van der Waals surface area contributed by atoms with E-state index in [0.29, 0.717) is 12.2 Å². The fraction of sp³-hybridized carbons (Fsp3) is 0.538. The van der Waals surface area contributed by atoms with Gasteiger partial charge in [0.1, 0.15) is 0 Å². The molecule has 1 atom stereocenters. The summed E-state index contributed by atoms with van der Waals surface area (Å²) >= 11 is 0. The molecule has 1 aliphatic rings. The molecule has 1 amide bonds. The van der Waals surface area contributed by atoms with Crippen LogP contribution in [-0.2, 0) is 9.53 Å². The van der Waals surface area contributed by atoms with E-state index in [4.69, 9.17) is 5.73 Å². The second kappa shape index (κ2) is 6.31. The summed E-state index contributed by atoms with van der Waals surface area (Å²) in [5.41, 5.74) is 5.42. The van der Waals surface area contributed by atoms with Crippen LogP contribution in [0.2, 0.25) is 0 Å². The Hall–Kier alpha value is -2.18. The van der Waals surface area contributed by atoms with Gasteiger partial charge in [-0.1, -0.05) is 0 Å². The lowest BCUT2D eigenvalue weighted by Crippen LogP contribution is -2.37. The first-order chi connectivity index (χ1) is 9.60. The third kappa shape index (κ3) is 3.43. The van der Waals surface area contributed by atoms with E-state index < -0.39 is 5.97 Å². The Kier molecular flexibility index (Phi) is 4.49. The van der Waals surface area contributed by atoms with Gasteiger partial charge in [0.25, 0.3) is 0 Å². The van der Waals surface area contributed by atoms with Crippen molar-refractivity contribution in [1.29, 1.82) is 0 Å². The molecule has 0 spiro atoms. The van der Waals surface area contributed by atoms with Crippen molar-refractivity contribution in [3.8, 4) is 0 Å². The number of amides is 1. The number of piperidine rings is 1. The van der Waals surface area contributed by atoms with Gasteiger partial charge in [0, 0.05) is 19.5 Å². The maximum Gasteiger partial charge on any atom is 0.358 e. The van der Waals surface area contributed by atoms with Crippen molar-refractivity contribution < 1.29 is 14.3 Å². The highest BCUT2D eigenvalue weighted by atomic mass is 16.5. The average molecular weight is 278 g/mol. The molecule has 0 saturated carbocycles. The minimum atomic E-state index is -0.505. The Balaban J connectivity index is 2.03. The van der Waals surface area contributed by atoms with Crippen molar-refractivity contribution >= 4 is 17.7 Å². The number of esters is 1. The number of hydrogen-bond acceptors (Lipinski definition) is 6. The maximum atomic E-state index is 11.3. The van der Waals surface area contributed by atoms with Gasteiger partial charge in [-0.2, -0.15) is 0 Å². The van der Waals surface area contributed by atoms with Gasteiger partial charge in [-0.25, -0.2) is 4.79 Å². The normalized spacial score (nSPS) is 18.6. The summed E-state index contributed by atoms with van der Waals surface area (Å²) in [5.74, 6) is 0.174. The van der Waals surface area contributed by atoms with E-state index >= 15 is 0 Å². The van der Waals surface area contributed by atoms with E-state index in [1.54, 1.807) is 12.1 Å². The summed E-state index contributed by atoms with van der Waals surface area (Å²) in [7, 11) is 1.30. The largest absolute Gasteiger partial charge is 0.464 e. The number of nitrogens with zero attached hydrogens (tertiary/aromatic N) is 3. The van der Waals surface area contributed by atoms with Crippen LogP contribution in [0.15, 0.2) is 12.1 Å². The standard InChI is InChI=1S/C13H18N4O3/c1-20-13(19)10-4-5-12(16-15-10)17-6-2-3-9(8-17)7-11(14)18/h4-5,9H,2-3,6-8H2,1H3,(H2,14,18). The predicted molar refractivity (Wildman–Crippen MR) is 72.1 cm³/mol. The van der Waals surface area contributed by atoms with Crippen molar-refractivity contribution in [2.45, 2.75) is 19.3 Å². The molecule has 0 radical (unpaired) electrons. The van der Waals surface area contributed by atoms with Crippen molar-refractivity contribution in [3.63, 3.8) is 0 Å². The van der Waals surface area contributed by atoms with Crippen LogP contribution in [0.3, 0.4) is 0 Å². The third-order valence-electron chi connectivity index (χ3n) is 3.38. The fourth-order valence-electron chi connectivity index (χ4n) is 2.43. The zero-order valence-electron chi connectivity index (χ0n) is 11.4. The van der Waals surface area contributed by atoms with Gasteiger partial charge < -0.3 is 15.4 Å². The van der Waals surface area contributed by atoms with Crippen LogP contribution in [0, 0.1) is 5.92 Å². The first-order valence-electron chi connectivity index (χ1n) is 6.55. The highest BCUT2D eigenvalue weighted by Crippen LogP contribution is 2.23. The monoisotopic (exact) mass is 278 g/mol. The SMILES string of the molecule is COC(=O)c1ccc(N2CCCC(CC(N)=O)C2)nn1. The van der Waals surface area contributed by atoms with E-state index in [-0.39, 0.29) is 17.5 Å². The van der Waals surface area contributed by atoms with E-state index in [0.717, 1.165) is 25.9 Å². The molecule has 1 saturated heterocycles. The summed E-state index contributed by atoms with van der Waals surface area (Å²) in [6, 6.07) is 3.33. The van der Waals surface area contributed by atoms with Gasteiger partial charge in [0.05, 0.1) is 7.11 Å². The predicted octanol–water partition coefficient (Wildman–Crippen LogP) is 0.355. The van der Waals surface area contributed by atoms with E-state index in [1.807, 2.05) is 0 Å². The average Bonchev–Trinajstić information content (AvgIpc) is 2.46. The van der Waals surface area contributed by atoms with Gasteiger partial charge >= 0.3 is 5.97 Å². The number of methoxy groups -OCH3 is 1. The van der Waals surface area contributed by atoms with E-state index in [9.17, 15) is 9.59 Å². The third-order valence-corrected chi connectivity index (χ3v) is 3.38. The quantitative estimate of drug-likeness (QED) is 0.798. The first-order valence-corrected chi connectivity index (χ1v) is 6.55. The molecule has 0 bridgehead atoms. The number of anilines is 1. The number of aromatic nitrogens is 2. The number of carbonyl (C=O) groups is 2. The van der Waals surface area contributed by atoms with Crippen molar-refractivity contribution in [2.75, 3.05) is 25.1 Å². The number of hydrogen-bond donors (Lipinski definition) is 1. The zero-order valence-corrected chi connectivity index (χ0v) is 11.4. The molecular weight excluding hydrogens is 260 g/mol. The van der Waals surface area contributed by atoms with Crippen LogP contribution in [0.25, 0.3) is 0 Å². The number of rotatable bonds is 4. The number of ether oxygens (including phenoxy) is 1. The topological polar surface area (TPSA) is 98.4 Å². The molecule has 20 heavy (non-hydrogen) atoms. The van der Waals surface area contributed by atoms with Gasteiger partial charge in [0.2, 0.25) is 5.91 Å². The molecule has 1 aromatic heterocycles. The van der Waals surface area contributed by atoms with Crippen LogP contribution in [0.5, 0.6) is 0 Å². The van der Waals surface area contributed by atoms with Crippen LogP contribution >= 0.6 is 0 Å². The molecule has 0 aliphatic carbocycles. The molecule has 1 aromatic rings. The Labute approximate surface area is 117 Å². The molecule has 2 rings (SSSR count). The summed E-state index contributed by atoms with van der Waals surface area (Å²) in [6.07, 6.45) is 2.37.